The standard InChI is InChI=1S/C18H27Cl/c1-12-6-5-7-16(10-13(12)2)18-9-8-17(19)11-14(3)15(18)4/h8-9,11-13,15-16H,5-7,10H2,1-4H3/t12?,13?,15?,16-/m0/s1. The van der Waals surface area contributed by atoms with Gasteiger partial charge in [0.05, 0.1) is 0 Å². The van der Waals surface area contributed by atoms with Gasteiger partial charge < -0.3 is 0 Å². The van der Waals surface area contributed by atoms with Crippen molar-refractivity contribution in [1.29, 1.82) is 0 Å². The average Bonchev–Trinajstić information content (AvgIpc) is 2.58. The van der Waals surface area contributed by atoms with Gasteiger partial charge in [0.15, 0.2) is 0 Å². The van der Waals surface area contributed by atoms with Crippen LogP contribution in [0, 0.1) is 23.7 Å². The molecular formula is C18H27Cl. The summed E-state index contributed by atoms with van der Waals surface area (Å²) in [5.74, 6) is 3.00. The third kappa shape index (κ3) is 3.54. The van der Waals surface area contributed by atoms with Crippen LogP contribution in [0.15, 0.2) is 34.4 Å². The molecule has 4 atom stereocenters. The topological polar surface area (TPSA) is 0 Å². The summed E-state index contributed by atoms with van der Waals surface area (Å²) in [6.45, 7) is 9.39. The van der Waals surface area contributed by atoms with Gasteiger partial charge in [0.1, 0.15) is 0 Å². The van der Waals surface area contributed by atoms with E-state index < -0.39 is 0 Å². The van der Waals surface area contributed by atoms with E-state index in [1.165, 1.54) is 31.3 Å². The molecule has 1 fully saturated rings. The molecule has 0 nitrogen and oxygen atoms in total. The van der Waals surface area contributed by atoms with E-state index in [0.717, 1.165) is 22.8 Å². The van der Waals surface area contributed by atoms with E-state index in [4.69, 9.17) is 11.6 Å². The maximum atomic E-state index is 6.21. The first-order valence-corrected chi connectivity index (χ1v) is 8.12. The molecule has 2 aliphatic carbocycles. The summed E-state index contributed by atoms with van der Waals surface area (Å²) in [6.07, 6.45) is 12.0. The molecule has 0 heterocycles. The number of hydrogen-bond donors (Lipinski definition) is 0. The third-order valence-corrected chi connectivity index (χ3v) is 5.53. The van der Waals surface area contributed by atoms with Gasteiger partial charge in [-0.25, -0.2) is 0 Å². The van der Waals surface area contributed by atoms with Crippen molar-refractivity contribution >= 4 is 11.6 Å². The van der Waals surface area contributed by atoms with E-state index in [0.29, 0.717) is 5.92 Å². The first kappa shape index (κ1) is 14.9. The highest BCUT2D eigenvalue weighted by atomic mass is 35.5. The molecule has 3 unspecified atom stereocenters. The fourth-order valence-electron chi connectivity index (χ4n) is 3.54. The summed E-state index contributed by atoms with van der Waals surface area (Å²) in [6, 6.07) is 0. The Labute approximate surface area is 123 Å². The molecular weight excluding hydrogens is 252 g/mol. The summed E-state index contributed by atoms with van der Waals surface area (Å²) in [5, 5.41) is 0.870. The molecule has 106 valence electrons. The number of halogens is 1. The lowest BCUT2D eigenvalue weighted by molar-refractivity contribution is 0.341. The zero-order valence-corrected chi connectivity index (χ0v) is 13.5. The van der Waals surface area contributed by atoms with Crippen LogP contribution in [0.4, 0.5) is 0 Å². The zero-order chi connectivity index (χ0) is 14.0. The Morgan fingerprint density at radius 3 is 2.53 bits per heavy atom. The molecule has 0 aromatic carbocycles. The summed E-state index contributed by atoms with van der Waals surface area (Å²) in [7, 11) is 0. The summed E-state index contributed by atoms with van der Waals surface area (Å²) >= 11 is 6.21. The summed E-state index contributed by atoms with van der Waals surface area (Å²) in [5.41, 5.74) is 3.00. The normalized spacial score (nSPS) is 36.8. The van der Waals surface area contributed by atoms with E-state index in [2.05, 4.69) is 45.9 Å². The molecule has 0 aromatic rings. The number of rotatable bonds is 1. The van der Waals surface area contributed by atoms with Crippen molar-refractivity contribution in [3.8, 4) is 0 Å². The summed E-state index contributed by atoms with van der Waals surface area (Å²) < 4.78 is 0. The van der Waals surface area contributed by atoms with E-state index >= 15 is 0 Å². The highest BCUT2D eigenvalue weighted by Crippen LogP contribution is 2.40. The molecule has 0 spiro atoms. The first-order chi connectivity index (χ1) is 8.99. The average molecular weight is 279 g/mol. The van der Waals surface area contributed by atoms with Crippen molar-refractivity contribution in [2.45, 2.75) is 53.4 Å². The largest absolute Gasteiger partial charge is 0.0843 e. The van der Waals surface area contributed by atoms with Crippen LogP contribution < -0.4 is 0 Å². The zero-order valence-electron chi connectivity index (χ0n) is 12.7. The van der Waals surface area contributed by atoms with E-state index in [9.17, 15) is 0 Å². The van der Waals surface area contributed by atoms with Crippen LogP contribution in [-0.2, 0) is 0 Å². The van der Waals surface area contributed by atoms with E-state index in [-0.39, 0.29) is 0 Å². The Balaban J connectivity index is 2.22. The lowest BCUT2D eigenvalue weighted by Crippen LogP contribution is -2.15. The van der Waals surface area contributed by atoms with Gasteiger partial charge in [0, 0.05) is 5.03 Å². The van der Waals surface area contributed by atoms with Crippen molar-refractivity contribution in [1.82, 2.24) is 0 Å². The monoisotopic (exact) mass is 278 g/mol. The molecule has 0 amide bonds. The Bertz CT molecular complexity index is 413. The van der Waals surface area contributed by atoms with Gasteiger partial charge in [-0.2, -0.15) is 0 Å². The molecule has 0 bridgehead atoms. The molecule has 2 aliphatic rings. The SMILES string of the molecule is CC1=CC(Cl)=CC=C([C@H]2CCCC(C)C(C)C2)C1C. The molecule has 0 saturated heterocycles. The van der Waals surface area contributed by atoms with Crippen molar-refractivity contribution in [2.24, 2.45) is 23.7 Å². The predicted octanol–water partition coefficient (Wildman–Crippen LogP) is 6.09. The molecule has 2 rings (SSSR count). The predicted molar refractivity (Wildman–Crippen MR) is 85.2 cm³/mol. The lowest BCUT2D eigenvalue weighted by Gasteiger charge is -2.26. The van der Waals surface area contributed by atoms with Crippen molar-refractivity contribution in [3.05, 3.63) is 34.4 Å². The molecule has 1 heteroatoms. The molecule has 0 N–H and O–H groups in total. The lowest BCUT2D eigenvalue weighted by atomic mass is 9.79. The maximum Gasteiger partial charge on any atom is 0.0405 e. The van der Waals surface area contributed by atoms with E-state index in [1.807, 2.05) is 0 Å². The molecule has 19 heavy (non-hydrogen) atoms. The third-order valence-electron chi connectivity index (χ3n) is 5.29. The van der Waals surface area contributed by atoms with Crippen molar-refractivity contribution in [2.75, 3.05) is 0 Å². The molecule has 0 aliphatic heterocycles. The van der Waals surface area contributed by atoms with Gasteiger partial charge in [-0.1, -0.05) is 62.4 Å². The van der Waals surface area contributed by atoms with E-state index in [1.54, 1.807) is 5.57 Å². The van der Waals surface area contributed by atoms with Crippen LogP contribution in [0.2, 0.25) is 0 Å². The minimum absolute atomic E-state index is 0.540. The molecule has 0 aromatic heterocycles. The van der Waals surface area contributed by atoms with Gasteiger partial charge >= 0.3 is 0 Å². The van der Waals surface area contributed by atoms with Crippen LogP contribution in [0.25, 0.3) is 0 Å². The molecule has 1 saturated carbocycles. The minimum atomic E-state index is 0.540. The minimum Gasteiger partial charge on any atom is -0.0843 e. The maximum absolute atomic E-state index is 6.21. The summed E-state index contributed by atoms with van der Waals surface area (Å²) in [4.78, 5) is 0. The second-order valence-corrected chi connectivity index (χ2v) is 7.08. The fraction of sp³-hybridized carbons (Fsp3) is 0.667. The Hall–Kier alpha value is -0.490. The highest BCUT2D eigenvalue weighted by molar-refractivity contribution is 6.31. The smallest absolute Gasteiger partial charge is 0.0405 e. The van der Waals surface area contributed by atoms with Gasteiger partial charge in [-0.05, 0) is 55.6 Å². The second-order valence-electron chi connectivity index (χ2n) is 6.65. The van der Waals surface area contributed by atoms with Crippen LogP contribution in [0.5, 0.6) is 0 Å². The number of hydrogen-bond acceptors (Lipinski definition) is 0. The Kier molecular flexibility index (Phi) is 4.95. The van der Waals surface area contributed by atoms with Gasteiger partial charge in [-0.3, -0.25) is 0 Å². The van der Waals surface area contributed by atoms with Crippen LogP contribution in [0.1, 0.15) is 53.4 Å². The highest BCUT2D eigenvalue weighted by Gasteiger charge is 2.27. The van der Waals surface area contributed by atoms with Crippen LogP contribution >= 0.6 is 11.6 Å². The van der Waals surface area contributed by atoms with Crippen LogP contribution in [-0.4, -0.2) is 0 Å². The quantitative estimate of drug-likeness (QED) is 0.509. The van der Waals surface area contributed by atoms with Crippen molar-refractivity contribution in [3.63, 3.8) is 0 Å². The Morgan fingerprint density at radius 1 is 1.05 bits per heavy atom. The van der Waals surface area contributed by atoms with Gasteiger partial charge in [0.25, 0.3) is 0 Å². The molecule has 0 radical (unpaired) electrons. The van der Waals surface area contributed by atoms with Gasteiger partial charge in [-0.15, -0.1) is 0 Å². The number of allylic oxidation sites excluding steroid dienone is 6. The van der Waals surface area contributed by atoms with Crippen LogP contribution in [0.3, 0.4) is 0 Å². The Morgan fingerprint density at radius 2 is 1.79 bits per heavy atom. The fourth-order valence-corrected chi connectivity index (χ4v) is 3.77. The van der Waals surface area contributed by atoms with Crippen molar-refractivity contribution < 1.29 is 0 Å². The second kappa shape index (κ2) is 6.31. The first-order valence-electron chi connectivity index (χ1n) is 7.74. The van der Waals surface area contributed by atoms with Gasteiger partial charge in [0.2, 0.25) is 0 Å².